The number of aromatic amines is 1. The highest BCUT2D eigenvalue weighted by Crippen LogP contribution is 2.31. The minimum Gasteiger partial charge on any atom is -0.364 e. The van der Waals surface area contributed by atoms with E-state index in [0.29, 0.717) is 5.56 Å². The first-order valence-electron chi connectivity index (χ1n) is 9.77. The van der Waals surface area contributed by atoms with Gasteiger partial charge in [-0.15, -0.1) is 0 Å². The van der Waals surface area contributed by atoms with Gasteiger partial charge in [0.1, 0.15) is 12.1 Å². The minimum absolute atomic E-state index is 0.0534. The Bertz CT molecular complexity index is 1000. The summed E-state index contributed by atoms with van der Waals surface area (Å²) in [5.74, 6) is -0.471. The summed E-state index contributed by atoms with van der Waals surface area (Å²) in [6.07, 6.45) is 3.65. The van der Waals surface area contributed by atoms with Gasteiger partial charge in [0.2, 0.25) is 11.9 Å². The molecule has 2 aromatic rings. The molecule has 9 heteroatoms. The smallest absolute Gasteiger partial charge is 0.278 e. The first kappa shape index (κ1) is 20.5. The highest BCUT2D eigenvalue weighted by molar-refractivity contribution is 6.08. The molecule has 0 spiro atoms. The maximum absolute atomic E-state index is 13.3. The Hall–Kier alpha value is -3.23. The van der Waals surface area contributed by atoms with Crippen LogP contribution in [0.4, 0.5) is 17.5 Å². The van der Waals surface area contributed by atoms with Gasteiger partial charge >= 0.3 is 0 Å². The number of pyridine rings is 1. The van der Waals surface area contributed by atoms with E-state index in [2.05, 4.69) is 20.6 Å². The third-order valence-electron chi connectivity index (χ3n) is 5.09. The number of amides is 2. The largest absolute Gasteiger partial charge is 0.364 e. The van der Waals surface area contributed by atoms with Gasteiger partial charge in [0, 0.05) is 18.0 Å². The first-order chi connectivity index (χ1) is 13.7. The molecule has 2 aromatic heterocycles. The number of nitrogens with zero attached hydrogens (tertiary/aromatic N) is 3. The topological polar surface area (TPSA) is 111 Å². The maximum Gasteiger partial charge on any atom is 0.278 e. The van der Waals surface area contributed by atoms with Crippen molar-refractivity contribution in [3.05, 3.63) is 40.4 Å². The monoisotopic (exact) mass is 399 g/mol. The fourth-order valence-electron chi connectivity index (χ4n) is 3.15. The molecule has 0 fully saturated rings. The molecule has 29 heavy (non-hydrogen) atoms. The van der Waals surface area contributed by atoms with Crippen molar-refractivity contribution < 1.29 is 14.2 Å². The Labute approximate surface area is 169 Å². The number of anilines is 3. The van der Waals surface area contributed by atoms with Crippen LogP contribution in [0.1, 0.15) is 45.0 Å². The highest BCUT2D eigenvalue weighted by atomic mass is 16.2. The third-order valence-corrected chi connectivity index (χ3v) is 5.09. The summed E-state index contributed by atoms with van der Waals surface area (Å²) in [5, 5.41) is 5.77. The van der Waals surface area contributed by atoms with E-state index < -0.39 is 5.56 Å². The van der Waals surface area contributed by atoms with Crippen molar-refractivity contribution in [3.63, 3.8) is 0 Å². The molecule has 0 aliphatic carbocycles. The summed E-state index contributed by atoms with van der Waals surface area (Å²) in [5.41, 5.74) is 0.140. The van der Waals surface area contributed by atoms with Crippen molar-refractivity contribution in [2.45, 2.75) is 53.2 Å². The molecule has 0 bridgehead atoms. The van der Waals surface area contributed by atoms with Crippen molar-refractivity contribution in [2.24, 2.45) is 5.92 Å². The van der Waals surface area contributed by atoms with Crippen LogP contribution in [-0.4, -0.2) is 33.9 Å². The van der Waals surface area contributed by atoms with Gasteiger partial charge in [0.15, 0.2) is 23.9 Å². The number of aryl methyl sites for hydroxylation is 1. The predicted octanol–water partition coefficient (Wildman–Crippen LogP) is 1.52. The highest BCUT2D eigenvalue weighted by Gasteiger charge is 2.37. The second kappa shape index (κ2) is 8.02. The van der Waals surface area contributed by atoms with Crippen molar-refractivity contribution >= 4 is 29.3 Å². The molecule has 154 valence electrons. The van der Waals surface area contributed by atoms with Gasteiger partial charge in [-0.3, -0.25) is 29.6 Å². The molecule has 0 saturated heterocycles. The Balaban J connectivity index is 2.05. The molecule has 2 amide bonds. The van der Waals surface area contributed by atoms with Crippen LogP contribution in [0.3, 0.4) is 0 Å². The second-order valence-corrected chi connectivity index (χ2v) is 7.53. The van der Waals surface area contributed by atoms with Crippen molar-refractivity contribution in [1.82, 2.24) is 9.97 Å². The number of nitrogens with one attached hydrogen (secondary N) is 3. The summed E-state index contributed by atoms with van der Waals surface area (Å²) in [6.45, 7) is 10.0. The van der Waals surface area contributed by atoms with Crippen molar-refractivity contribution in [1.29, 1.82) is 0 Å². The van der Waals surface area contributed by atoms with Crippen molar-refractivity contribution in [2.75, 3.05) is 15.5 Å². The van der Waals surface area contributed by atoms with Gasteiger partial charge in [-0.05, 0) is 26.8 Å². The van der Waals surface area contributed by atoms with Crippen LogP contribution in [0, 0.1) is 5.92 Å². The van der Waals surface area contributed by atoms with E-state index in [9.17, 15) is 14.4 Å². The molecule has 0 aromatic carbocycles. The fourth-order valence-corrected chi connectivity index (χ4v) is 3.15. The molecular formula is C20H27N6O3+. The summed E-state index contributed by atoms with van der Waals surface area (Å²) < 4.78 is 1.90. The maximum atomic E-state index is 13.3. The number of carbonyl (C=O) groups excluding carboxylic acids is 2. The molecule has 0 saturated carbocycles. The molecule has 2 atom stereocenters. The summed E-state index contributed by atoms with van der Waals surface area (Å²) in [7, 11) is 0. The normalized spacial score (nSPS) is 18.2. The van der Waals surface area contributed by atoms with Crippen LogP contribution < -0.4 is 25.7 Å². The molecule has 9 nitrogen and oxygen atoms in total. The predicted molar refractivity (Wildman–Crippen MR) is 110 cm³/mol. The molecule has 0 radical (unpaired) electrons. The zero-order chi connectivity index (χ0) is 21.3. The van der Waals surface area contributed by atoms with Crippen LogP contribution in [0.2, 0.25) is 0 Å². The van der Waals surface area contributed by atoms with E-state index in [0.717, 1.165) is 6.54 Å². The zero-order valence-electron chi connectivity index (χ0n) is 17.3. The number of H-pyrrole nitrogens is 1. The van der Waals surface area contributed by atoms with Crippen LogP contribution in [-0.2, 0) is 11.3 Å². The fraction of sp³-hybridized carbons (Fsp3) is 0.450. The average Bonchev–Trinajstić information content (AvgIpc) is 2.68. The van der Waals surface area contributed by atoms with Crippen LogP contribution in [0.15, 0.2) is 29.3 Å². The summed E-state index contributed by atoms with van der Waals surface area (Å²) in [6, 6.07) is 3.12. The average molecular weight is 399 g/mol. The molecule has 0 unspecified atom stereocenters. The molecule has 1 aliphatic rings. The molecule has 1 aliphatic heterocycles. The lowest BCUT2D eigenvalue weighted by Gasteiger charge is -2.38. The van der Waals surface area contributed by atoms with E-state index in [-0.39, 0.29) is 47.3 Å². The number of aromatic nitrogens is 3. The lowest BCUT2D eigenvalue weighted by molar-refractivity contribution is -0.693. The number of hydrogen-bond acceptors (Lipinski definition) is 5. The van der Waals surface area contributed by atoms with Crippen LogP contribution in [0.5, 0.6) is 0 Å². The van der Waals surface area contributed by atoms with E-state index in [1.807, 2.05) is 31.5 Å². The number of hydrogen-bond donors (Lipinski definition) is 3. The Morgan fingerprint density at radius 2 is 2.07 bits per heavy atom. The Kier molecular flexibility index (Phi) is 5.67. The van der Waals surface area contributed by atoms with E-state index in [1.165, 1.54) is 4.90 Å². The minimum atomic E-state index is -0.493. The number of rotatable bonds is 4. The van der Waals surface area contributed by atoms with E-state index >= 15 is 0 Å². The van der Waals surface area contributed by atoms with E-state index in [4.69, 9.17) is 0 Å². The first-order valence-corrected chi connectivity index (χ1v) is 9.77. The summed E-state index contributed by atoms with van der Waals surface area (Å²) >= 11 is 0. The molecule has 3 N–H and O–H groups in total. The van der Waals surface area contributed by atoms with Gasteiger partial charge in [-0.1, -0.05) is 13.8 Å². The van der Waals surface area contributed by atoms with Gasteiger partial charge in [0.05, 0.1) is 6.04 Å². The Morgan fingerprint density at radius 1 is 1.34 bits per heavy atom. The van der Waals surface area contributed by atoms with Gasteiger partial charge in [-0.2, -0.15) is 4.98 Å². The number of fused-ring (bicyclic) bond motifs is 1. The zero-order valence-corrected chi connectivity index (χ0v) is 17.3. The summed E-state index contributed by atoms with van der Waals surface area (Å²) in [4.78, 5) is 46.6. The van der Waals surface area contributed by atoms with Gasteiger partial charge in [0.25, 0.3) is 11.5 Å². The van der Waals surface area contributed by atoms with Crippen LogP contribution >= 0.6 is 0 Å². The second-order valence-electron chi connectivity index (χ2n) is 7.53. The third kappa shape index (κ3) is 3.98. The van der Waals surface area contributed by atoms with Crippen molar-refractivity contribution in [3.8, 4) is 0 Å². The lowest BCUT2D eigenvalue weighted by atomic mass is 10.0. The van der Waals surface area contributed by atoms with Gasteiger partial charge in [-0.25, -0.2) is 4.57 Å². The van der Waals surface area contributed by atoms with Gasteiger partial charge < -0.3 is 5.32 Å². The quantitative estimate of drug-likeness (QED) is 0.675. The molecule has 3 rings (SSSR count). The molecule has 3 heterocycles. The number of carbonyl (C=O) groups is 2. The van der Waals surface area contributed by atoms with Crippen LogP contribution in [0.25, 0.3) is 0 Å². The Morgan fingerprint density at radius 3 is 2.72 bits per heavy atom. The SMILES string of the molecule is CC[n+]1cccc(C(=O)N2c3c(nc(NC(=O)C(C)C)[nH]c3=O)N[C@H](C)[C@H]2C)c1. The standard InChI is InChI=1S/C20H26N6O3/c1-6-25-9-7-8-14(10-25)19(29)26-13(5)12(4)21-16-15(26)18(28)24-20(22-16)23-17(27)11(2)3/h7-13H,6H2,1-5H3,(H2-,21,22,23,24,27,28)/p+1/t12-,13-/m1/s1. The molecular weight excluding hydrogens is 372 g/mol. The van der Waals surface area contributed by atoms with E-state index in [1.54, 1.807) is 32.2 Å². The lowest BCUT2D eigenvalue weighted by Crippen LogP contribution is -2.53.